The highest BCUT2D eigenvalue weighted by molar-refractivity contribution is 5.91. The number of hydrogen-bond donors (Lipinski definition) is 1. The molecule has 28 heavy (non-hydrogen) atoms. The molecular weight excluding hydrogens is 363 g/mol. The van der Waals surface area contributed by atoms with Crippen LogP contribution in [0.1, 0.15) is 29.2 Å². The summed E-state index contributed by atoms with van der Waals surface area (Å²) in [7, 11) is 0. The van der Waals surface area contributed by atoms with Crippen LogP contribution in [-0.2, 0) is 11.3 Å². The third-order valence-electron chi connectivity index (χ3n) is 5.22. The minimum atomic E-state index is -0.230. The number of aromatic nitrogens is 1. The van der Waals surface area contributed by atoms with E-state index in [0.717, 1.165) is 51.3 Å². The first-order valence-electron chi connectivity index (χ1n) is 9.74. The van der Waals surface area contributed by atoms with E-state index in [1.165, 1.54) is 18.4 Å². The summed E-state index contributed by atoms with van der Waals surface area (Å²) in [5.41, 5.74) is 1.33. The van der Waals surface area contributed by atoms with Crippen LogP contribution < -0.4 is 10.2 Å². The smallest absolute Gasteiger partial charge is 0.273 e. The molecule has 2 aliphatic heterocycles. The van der Waals surface area contributed by atoms with Gasteiger partial charge in [-0.05, 0) is 37.1 Å². The topological polar surface area (TPSA) is 70.8 Å². The Balaban J connectivity index is 1.24. The van der Waals surface area contributed by atoms with Crippen LogP contribution in [0.25, 0.3) is 0 Å². The first-order chi connectivity index (χ1) is 13.7. The van der Waals surface area contributed by atoms with Gasteiger partial charge < -0.3 is 19.4 Å². The van der Waals surface area contributed by atoms with E-state index in [2.05, 4.69) is 20.1 Å². The Morgan fingerprint density at radius 2 is 2.00 bits per heavy atom. The van der Waals surface area contributed by atoms with E-state index in [0.29, 0.717) is 24.7 Å². The Bertz CT molecular complexity index is 781. The van der Waals surface area contributed by atoms with Gasteiger partial charge in [0.15, 0.2) is 5.69 Å². The van der Waals surface area contributed by atoms with E-state index < -0.39 is 0 Å². The number of nitrogens with zero attached hydrogens (tertiary/aromatic N) is 3. The van der Waals surface area contributed by atoms with Crippen LogP contribution in [0.2, 0.25) is 0 Å². The fourth-order valence-corrected chi connectivity index (χ4v) is 3.60. The number of amides is 1. The molecule has 150 valence electrons. The summed E-state index contributed by atoms with van der Waals surface area (Å²) >= 11 is 0. The molecule has 1 atom stereocenters. The van der Waals surface area contributed by atoms with Crippen molar-refractivity contribution in [1.82, 2.24) is 15.2 Å². The van der Waals surface area contributed by atoms with Gasteiger partial charge in [-0.1, -0.05) is 0 Å². The summed E-state index contributed by atoms with van der Waals surface area (Å²) in [6, 6.07) is 6.58. The number of carbonyl (C=O) groups excluding carboxylic acids is 1. The highest BCUT2D eigenvalue weighted by atomic mass is 19.1. The molecule has 0 radical (unpaired) electrons. The molecule has 0 saturated carbocycles. The van der Waals surface area contributed by atoms with Crippen LogP contribution in [0.3, 0.4) is 0 Å². The van der Waals surface area contributed by atoms with Gasteiger partial charge in [0, 0.05) is 45.0 Å². The first-order valence-corrected chi connectivity index (χ1v) is 9.74. The third-order valence-corrected chi connectivity index (χ3v) is 5.22. The monoisotopic (exact) mass is 388 g/mol. The zero-order valence-corrected chi connectivity index (χ0v) is 15.8. The van der Waals surface area contributed by atoms with Crippen molar-refractivity contribution in [2.75, 3.05) is 44.2 Å². The van der Waals surface area contributed by atoms with E-state index in [9.17, 15) is 9.18 Å². The number of halogens is 1. The number of anilines is 1. The van der Waals surface area contributed by atoms with Gasteiger partial charge in [-0.25, -0.2) is 9.37 Å². The minimum absolute atomic E-state index is 0.104. The van der Waals surface area contributed by atoms with E-state index in [4.69, 9.17) is 9.15 Å². The number of ether oxygens (including phenoxy) is 1. The predicted octanol–water partition coefficient (Wildman–Crippen LogP) is 2.04. The molecule has 2 fully saturated rings. The first kappa shape index (κ1) is 18.9. The van der Waals surface area contributed by atoms with Crippen molar-refractivity contribution in [3.05, 3.63) is 47.9 Å². The SMILES string of the molecule is O=C(NC[C@@H]1CCCO1)c1coc(CN2CCN(c3ccc(F)cc3)CC2)n1. The van der Waals surface area contributed by atoms with Gasteiger partial charge >= 0.3 is 0 Å². The number of hydrogen-bond acceptors (Lipinski definition) is 6. The van der Waals surface area contributed by atoms with E-state index >= 15 is 0 Å². The zero-order valence-electron chi connectivity index (χ0n) is 15.8. The molecule has 1 aromatic carbocycles. The maximum Gasteiger partial charge on any atom is 0.273 e. The van der Waals surface area contributed by atoms with Gasteiger partial charge in [-0.15, -0.1) is 0 Å². The maximum absolute atomic E-state index is 13.1. The molecule has 0 bridgehead atoms. The Morgan fingerprint density at radius 1 is 1.21 bits per heavy atom. The summed E-state index contributed by atoms with van der Waals surface area (Å²) in [6.07, 6.45) is 3.54. The van der Waals surface area contributed by atoms with Gasteiger partial charge in [0.1, 0.15) is 12.1 Å². The van der Waals surface area contributed by atoms with Gasteiger partial charge in [0.05, 0.1) is 12.6 Å². The van der Waals surface area contributed by atoms with Gasteiger partial charge in [0.25, 0.3) is 5.91 Å². The highest BCUT2D eigenvalue weighted by Crippen LogP contribution is 2.18. The number of carbonyl (C=O) groups is 1. The van der Waals surface area contributed by atoms with Crippen LogP contribution in [0.15, 0.2) is 34.9 Å². The maximum atomic E-state index is 13.1. The lowest BCUT2D eigenvalue weighted by Crippen LogP contribution is -2.46. The Kier molecular flexibility index (Phi) is 5.87. The standard InChI is InChI=1S/C20H25FN4O3/c21-15-3-5-16(6-4-15)25-9-7-24(8-10-25)13-19-23-18(14-28-19)20(26)22-12-17-2-1-11-27-17/h3-6,14,17H,1-2,7-13H2,(H,22,26)/t17-/m0/s1. The van der Waals surface area contributed by atoms with Gasteiger partial charge in [-0.3, -0.25) is 9.69 Å². The largest absolute Gasteiger partial charge is 0.447 e. The van der Waals surface area contributed by atoms with Crippen molar-refractivity contribution in [2.24, 2.45) is 0 Å². The lowest BCUT2D eigenvalue weighted by atomic mass is 10.2. The molecule has 0 unspecified atom stereocenters. The van der Waals surface area contributed by atoms with Crippen molar-refractivity contribution in [1.29, 1.82) is 0 Å². The van der Waals surface area contributed by atoms with Crippen LogP contribution >= 0.6 is 0 Å². The van der Waals surface area contributed by atoms with E-state index in [1.54, 1.807) is 12.1 Å². The predicted molar refractivity (Wildman–Crippen MR) is 102 cm³/mol. The second-order valence-corrected chi connectivity index (χ2v) is 7.21. The number of benzene rings is 1. The molecule has 8 heteroatoms. The minimum Gasteiger partial charge on any atom is -0.447 e. The third kappa shape index (κ3) is 4.69. The fourth-order valence-electron chi connectivity index (χ4n) is 3.60. The van der Waals surface area contributed by atoms with Crippen molar-refractivity contribution in [2.45, 2.75) is 25.5 Å². The summed E-state index contributed by atoms with van der Waals surface area (Å²) in [6.45, 7) is 5.23. The molecule has 4 rings (SSSR count). The van der Waals surface area contributed by atoms with Crippen molar-refractivity contribution < 1.29 is 18.3 Å². The number of oxazole rings is 1. The Morgan fingerprint density at radius 3 is 2.71 bits per heavy atom. The molecule has 7 nitrogen and oxygen atoms in total. The molecule has 0 aliphatic carbocycles. The molecule has 2 aliphatic rings. The number of piperazine rings is 1. The molecule has 2 saturated heterocycles. The average Bonchev–Trinajstić information content (AvgIpc) is 3.40. The number of nitrogens with one attached hydrogen (secondary N) is 1. The lowest BCUT2D eigenvalue weighted by molar-refractivity contribution is 0.0853. The van der Waals surface area contributed by atoms with Crippen molar-refractivity contribution in [3.8, 4) is 0 Å². The summed E-state index contributed by atoms with van der Waals surface area (Å²) in [5.74, 6) is 0.0889. The highest BCUT2D eigenvalue weighted by Gasteiger charge is 2.21. The molecule has 2 aromatic rings. The quantitative estimate of drug-likeness (QED) is 0.817. The van der Waals surface area contributed by atoms with Crippen LogP contribution in [0, 0.1) is 5.82 Å². The second kappa shape index (κ2) is 8.70. The Hall–Kier alpha value is -2.45. The summed E-state index contributed by atoms with van der Waals surface area (Å²) < 4.78 is 24.1. The molecular formula is C20H25FN4O3. The number of rotatable bonds is 6. The summed E-state index contributed by atoms with van der Waals surface area (Å²) in [4.78, 5) is 21.0. The van der Waals surface area contributed by atoms with Crippen molar-refractivity contribution >= 4 is 11.6 Å². The van der Waals surface area contributed by atoms with Gasteiger partial charge in [0.2, 0.25) is 5.89 Å². The lowest BCUT2D eigenvalue weighted by Gasteiger charge is -2.35. The summed E-state index contributed by atoms with van der Waals surface area (Å²) in [5, 5.41) is 2.85. The van der Waals surface area contributed by atoms with Gasteiger partial charge in [-0.2, -0.15) is 0 Å². The molecule has 1 amide bonds. The molecule has 1 aromatic heterocycles. The average molecular weight is 388 g/mol. The fraction of sp³-hybridized carbons (Fsp3) is 0.500. The zero-order chi connectivity index (χ0) is 19.3. The van der Waals surface area contributed by atoms with E-state index in [-0.39, 0.29) is 17.8 Å². The van der Waals surface area contributed by atoms with Crippen molar-refractivity contribution in [3.63, 3.8) is 0 Å². The molecule has 1 N–H and O–H groups in total. The van der Waals surface area contributed by atoms with Crippen LogP contribution in [0.4, 0.5) is 10.1 Å². The van der Waals surface area contributed by atoms with E-state index in [1.807, 2.05) is 0 Å². The van der Waals surface area contributed by atoms with Crippen LogP contribution in [-0.4, -0.2) is 61.2 Å². The second-order valence-electron chi connectivity index (χ2n) is 7.21. The molecule has 3 heterocycles. The molecule has 0 spiro atoms. The normalized spacial score (nSPS) is 20.5. The Labute approximate surface area is 163 Å². The van der Waals surface area contributed by atoms with Crippen LogP contribution in [0.5, 0.6) is 0 Å².